The molecule has 1 saturated heterocycles. The van der Waals surface area contributed by atoms with E-state index in [2.05, 4.69) is 19.2 Å². The van der Waals surface area contributed by atoms with Crippen molar-refractivity contribution in [3.8, 4) is 0 Å². The zero-order chi connectivity index (χ0) is 10.4. The molecule has 1 N–H and O–H groups in total. The van der Waals surface area contributed by atoms with Gasteiger partial charge in [0.25, 0.3) is 0 Å². The number of rotatable bonds is 5. The molecule has 0 aromatic carbocycles. The maximum atomic E-state index is 5.79. The van der Waals surface area contributed by atoms with Crippen LogP contribution in [0.4, 0.5) is 0 Å². The molecule has 14 heavy (non-hydrogen) atoms. The van der Waals surface area contributed by atoms with Crippen molar-refractivity contribution in [2.45, 2.75) is 51.4 Å². The van der Waals surface area contributed by atoms with E-state index in [1.807, 2.05) is 0 Å². The van der Waals surface area contributed by atoms with Crippen LogP contribution in [0.15, 0.2) is 0 Å². The number of methoxy groups -OCH3 is 1. The summed E-state index contributed by atoms with van der Waals surface area (Å²) >= 11 is 0. The molecule has 0 aromatic heterocycles. The smallest absolute Gasteiger partial charge is 0.183 e. The summed E-state index contributed by atoms with van der Waals surface area (Å²) in [5.41, 5.74) is 0. The number of ether oxygens (including phenoxy) is 2. The molecule has 1 fully saturated rings. The van der Waals surface area contributed by atoms with Crippen molar-refractivity contribution in [3.63, 3.8) is 0 Å². The van der Waals surface area contributed by atoms with E-state index in [9.17, 15) is 0 Å². The van der Waals surface area contributed by atoms with Crippen molar-refractivity contribution in [3.05, 3.63) is 0 Å². The molecular weight excluding hydrogens is 178 g/mol. The molecule has 2 unspecified atom stereocenters. The fourth-order valence-electron chi connectivity index (χ4n) is 2.14. The molecule has 0 aromatic rings. The van der Waals surface area contributed by atoms with Crippen LogP contribution in [-0.4, -0.2) is 32.1 Å². The minimum absolute atomic E-state index is 0.353. The third-order valence-corrected chi connectivity index (χ3v) is 3.05. The second-order valence-electron chi connectivity index (χ2n) is 3.87. The van der Waals surface area contributed by atoms with E-state index in [1.165, 1.54) is 12.8 Å². The fraction of sp³-hybridized carbons (Fsp3) is 1.00. The molecule has 0 saturated carbocycles. The van der Waals surface area contributed by atoms with Crippen LogP contribution in [0.5, 0.6) is 0 Å². The van der Waals surface area contributed by atoms with E-state index in [4.69, 9.17) is 9.47 Å². The summed E-state index contributed by atoms with van der Waals surface area (Å²) in [6.07, 6.45) is 4.50. The lowest BCUT2D eigenvalue weighted by Crippen LogP contribution is -2.58. The first-order valence-corrected chi connectivity index (χ1v) is 5.71. The zero-order valence-electron chi connectivity index (χ0n) is 9.64. The molecule has 1 aliphatic rings. The molecule has 0 aliphatic carbocycles. The van der Waals surface area contributed by atoms with Crippen molar-refractivity contribution in [2.75, 3.05) is 20.3 Å². The molecule has 0 amide bonds. The molecule has 3 heteroatoms. The minimum Gasteiger partial charge on any atom is -0.352 e. The molecule has 1 rings (SSSR count). The van der Waals surface area contributed by atoms with Crippen LogP contribution in [0.3, 0.4) is 0 Å². The van der Waals surface area contributed by atoms with Gasteiger partial charge in [-0.05, 0) is 6.42 Å². The Bertz CT molecular complexity index is 157. The first-order chi connectivity index (χ1) is 6.79. The van der Waals surface area contributed by atoms with Gasteiger partial charge >= 0.3 is 0 Å². The Morgan fingerprint density at radius 2 is 2.29 bits per heavy atom. The number of morpholine rings is 1. The highest BCUT2D eigenvalue weighted by molar-refractivity contribution is 4.87. The summed E-state index contributed by atoms with van der Waals surface area (Å²) in [7, 11) is 1.75. The first-order valence-electron chi connectivity index (χ1n) is 5.71. The largest absolute Gasteiger partial charge is 0.352 e. The predicted molar refractivity (Wildman–Crippen MR) is 57.3 cm³/mol. The van der Waals surface area contributed by atoms with Crippen LogP contribution < -0.4 is 5.32 Å². The van der Waals surface area contributed by atoms with E-state index >= 15 is 0 Å². The predicted octanol–water partition coefficient (Wildman–Crippen LogP) is 1.92. The average Bonchev–Trinajstić information content (AvgIpc) is 2.26. The maximum absolute atomic E-state index is 5.79. The number of unbranched alkanes of at least 4 members (excludes halogenated alkanes) is 1. The SMILES string of the molecule is CCCCC1NCCOC1(CC)OC. The number of nitrogens with one attached hydrogen (secondary N) is 1. The highest BCUT2D eigenvalue weighted by Crippen LogP contribution is 2.27. The zero-order valence-corrected chi connectivity index (χ0v) is 9.64. The fourth-order valence-corrected chi connectivity index (χ4v) is 2.14. The summed E-state index contributed by atoms with van der Waals surface area (Å²) in [5.74, 6) is -0.382. The van der Waals surface area contributed by atoms with Gasteiger partial charge in [-0.2, -0.15) is 0 Å². The third kappa shape index (κ3) is 2.47. The van der Waals surface area contributed by atoms with Gasteiger partial charge in [0.2, 0.25) is 0 Å². The highest BCUT2D eigenvalue weighted by Gasteiger charge is 2.40. The van der Waals surface area contributed by atoms with Gasteiger partial charge in [0.15, 0.2) is 5.79 Å². The van der Waals surface area contributed by atoms with Crippen LogP contribution in [0.1, 0.15) is 39.5 Å². The quantitative estimate of drug-likeness (QED) is 0.737. The van der Waals surface area contributed by atoms with Crippen LogP contribution in [0, 0.1) is 0 Å². The first kappa shape index (κ1) is 12.0. The topological polar surface area (TPSA) is 30.5 Å². The molecular formula is C11H23NO2. The van der Waals surface area contributed by atoms with Crippen LogP contribution in [0.25, 0.3) is 0 Å². The van der Waals surface area contributed by atoms with Crippen LogP contribution in [-0.2, 0) is 9.47 Å². The van der Waals surface area contributed by atoms with Gasteiger partial charge < -0.3 is 14.8 Å². The molecule has 1 heterocycles. The second-order valence-corrected chi connectivity index (χ2v) is 3.87. The van der Waals surface area contributed by atoms with Gasteiger partial charge in [-0.15, -0.1) is 0 Å². The van der Waals surface area contributed by atoms with Crippen molar-refractivity contribution in [1.29, 1.82) is 0 Å². The lowest BCUT2D eigenvalue weighted by molar-refractivity contribution is -0.257. The summed E-state index contributed by atoms with van der Waals surface area (Å²) in [6.45, 7) is 6.03. The van der Waals surface area contributed by atoms with Gasteiger partial charge in [0.05, 0.1) is 12.6 Å². The number of hydrogen-bond acceptors (Lipinski definition) is 3. The van der Waals surface area contributed by atoms with Crippen molar-refractivity contribution in [2.24, 2.45) is 0 Å². The summed E-state index contributed by atoms with van der Waals surface area (Å²) in [5, 5.41) is 3.50. The summed E-state index contributed by atoms with van der Waals surface area (Å²) in [4.78, 5) is 0. The van der Waals surface area contributed by atoms with Gasteiger partial charge in [-0.3, -0.25) is 0 Å². The summed E-state index contributed by atoms with van der Waals surface area (Å²) < 4.78 is 11.3. The van der Waals surface area contributed by atoms with Gasteiger partial charge in [0, 0.05) is 20.1 Å². The molecule has 1 aliphatic heterocycles. The Hall–Kier alpha value is -0.120. The number of hydrogen-bond donors (Lipinski definition) is 1. The minimum atomic E-state index is -0.382. The average molecular weight is 201 g/mol. The van der Waals surface area contributed by atoms with Crippen LogP contribution in [0.2, 0.25) is 0 Å². The van der Waals surface area contributed by atoms with Gasteiger partial charge in [-0.25, -0.2) is 0 Å². The van der Waals surface area contributed by atoms with Gasteiger partial charge in [-0.1, -0.05) is 26.7 Å². The monoisotopic (exact) mass is 201 g/mol. The molecule has 3 nitrogen and oxygen atoms in total. The van der Waals surface area contributed by atoms with Crippen LogP contribution >= 0.6 is 0 Å². The van der Waals surface area contributed by atoms with E-state index in [-0.39, 0.29) is 5.79 Å². The van der Waals surface area contributed by atoms with Crippen molar-refractivity contribution < 1.29 is 9.47 Å². The molecule has 0 radical (unpaired) electrons. The van der Waals surface area contributed by atoms with E-state index in [0.29, 0.717) is 6.04 Å². The molecule has 2 atom stereocenters. The molecule has 0 bridgehead atoms. The van der Waals surface area contributed by atoms with E-state index in [1.54, 1.807) is 7.11 Å². The van der Waals surface area contributed by atoms with E-state index < -0.39 is 0 Å². The standard InChI is InChI=1S/C11H23NO2/c1-4-6-7-10-11(5-2,13-3)14-9-8-12-10/h10,12H,4-9H2,1-3H3. The summed E-state index contributed by atoms with van der Waals surface area (Å²) in [6, 6.07) is 0.353. The van der Waals surface area contributed by atoms with E-state index in [0.717, 1.165) is 26.0 Å². The van der Waals surface area contributed by atoms with Crippen molar-refractivity contribution >= 4 is 0 Å². The van der Waals surface area contributed by atoms with Gasteiger partial charge in [0.1, 0.15) is 0 Å². The Kier molecular flexibility index (Phi) is 4.85. The maximum Gasteiger partial charge on any atom is 0.183 e. The Morgan fingerprint density at radius 1 is 1.50 bits per heavy atom. The third-order valence-electron chi connectivity index (χ3n) is 3.05. The second kappa shape index (κ2) is 5.69. The Balaban J connectivity index is 2.56. The normalized spacial score (nSPS) is 33.2. The molecule has 84 valence electrons. The lowest BCUT2D eigenvalue weighted by atomic mass is 9.97. The molecule has 0 spiro atoms. The van der Waals surface area contributed by atoms with Crippen molar-refractivity contribution in [1.82, 2.24) is 5.32 Å². The highest BCUT2D eigenvalue weighted by atomic mass is 16.7. The Morgan fingerprint density at radius 3 is 2.86 bits per heavy atom. The lowest BCUT2D eigenvalue weighted by Gasteiger charge is -2.42. The Labute approximate surface area is 87.2 Å².